The maximum Gasteiger partial charge on any atom is 0.132 e. The molecule has 0 radical (unpaired) electrons. The van der Waals surface area contributed by atoms with E-state index in [1.54, 1.807) is 0 Å². The van der Waals surface area contributed by atoms with E-state index in [0.29, 0.717) is 25.2 Å². The first-order valence-corrected chi connectivity index (χ1v) is 4.30. The van der Waals surface area contributed by atoms with Crippen LogP contribution in [0.5, 0.6) is 0 Å². The third kappa shape index (κ3) is 7.53. The number of ketones is 1. The highest BCUT2D eigenvalue weighted by Gasteiger charge is 1.98. The van der Waals surface area contributed by atoms with Gasteiger partial charge in [-0.1, -0.05) is 6.92 Å². The molecule has 66 valence electrons. The fourth-order valence-corrected chi connectivity index (χ4v) is 0.765. The van der Waals surface area contributed by atoms with Crippen molar-refractivity contribution in [1.82, 2.24) is 0 Å². The van der Waals surface area contributed by atoms with Crippen molar-refractivity contribution in [3.05, 3.63) is 0 Å². The van der Waals surface area contributed by atoms with Crippen LogP contribution in [-0.4, -0.2) is 18.5 Å². The molecule has 2 heteroatoms. The number of ether oxygens (including phenoxy) is 1. The average Bonchev–Trinajstić information content (AvgIpc) is 1.97. The molecule has 0 N–H and O–H groups in total. The Morgan fingerprint density at radius 2 is 2.09 bits per heavy atom. The van der Waals surface area contributed by atoms with Gasteiger partial charge in [0.1, 0.15) is 5.78 Å². The molecule has 2 nitrogen and oxygen atoms in total. The van der Waals surface area contributed by atoms with Crippen molar-refractivity contribution in [2.24, 2.45) is 0 Å². The lowest BCUT2D eigenvalue weighted by atomic mass is 10.2. The molecule has 0 aliphatic carbocycles. The first kappa shape index (κ1) is 10.6. The molecule has 0 saturated carbocycles. The third-order valence-electron chi connectivity index (χ3n) is 1.45. The maximum absolute atomic E-state index is 10.8. The summed E-state index contributed by atoms with van der Waals surface area (Å²) in [7, 11) is 0. The zero-order chi connectivity index (χ0) is 8.69. The standard InChI is InChI=1S/C9H18O2/c1-4-9(10)6-5-7-11-8(2)3/h8H,4-7H2,1-3H3. The summed E-state index contributed by atoms with van der Waals surface area (Å²) in [6.45, 7) is 6.61. The first-order chi connectivity index (χ1) is 5.16. The Balaban J connectivity index is 3.08. The lowest BCUT2D eigenvalue weighted by Gasteiger charge is -2.05. The van der Waals surface area contributed by atoms with Crippen LogP contribution in [0.25, 0.3) is 0 Å². The molecule has 0 aromatic carbocycles. The maximum atomic E-state index is 10.8. The Bertz CT molecular complexity index is 108. The van der Waals surface area contributed by atoms with Crippen molar-refractivity contribution in [3.63, 3.8) is 0 Å². The smallest absolute Gasteiger partial charge is 0.132 e. The van der Waals surface area contributed by atoms with Gasteiger partial charge < -0.3 is 4.74 Å². The molecule has 0 amide bonds. The van der Waals surface area contributed by atoms with E-state index in [-0.39, 0.29) is 6.10 Å². The van der Waals surface area contributed by atoms with Crippen LogP contribution in [0.4, 0.5) is 0 Å². The minimum Gasteiger partial charge on any atom is -0.379 e. The van der Waals surface area contributed by atoms with Gasteiger partial charge in [-0.15, -0.1) is 0 Å². The molecule has 0 saturated heterocycles. The second-order valence-corrected chi connectivity index (χ2v) is 2.92. The lowest BCUT2D eigenvalue weighted by Crippen LogP contribution is -2.05. The molecule has 0 aliphatic heterocycles. The Morgan fingerprint density at radius 1 is 1.45 bits per heavy atom. The van der Waals surface area contributed by atoms with Crippen LogP contribution in [0.2, 0.25) is 0 Å². The SMILES string of the molecule is CCC(=O)CCCOC(C)C. The van der Waals surface area contributed by atoms with E-state index in [9.17, 15) is 4.79 Å². The van der Waals surface area contributed by atoms with Gasteiger partial charge in [-0.25, -0.2) is 0 Å². The first-order valence-electron chi connectivity index (χ1n) is 4.30. The van der Waals surface area contributed by atoms with E-state index in [1.807, 2.05) is 20.8 Å². The number of rotatable bonds is 6. The predicted molar refractivity (Wildman–Crippen MR) is 45.6 cm³/mol. The second kappa shape index (κ2) is 6.35. The van der Waals surface area contributed by atoms with Crippen LogP contribution in [0.3, 0.4) is 0 Å². The number of carbonyl (C=O) groups is 1. The van der Waals surface area contributed by atoms with E-state index in [0.717, 1.165) is 6.42 Å². The average molecular weight is 158 g/mol. The van der Waals surface area contributed by atoms with Crippen molar-refractivity contribution < 1.29 is 9.53 Å². The normalized spacial score (nSPS) is 10.5. The monoisotopic (exact) mass is 158 g/mol. The number of carbonyl (C=O) groups excluding carboxylic acids is 1. The van der Waals surface area contributed by atoms with Crippen molar-refractivity contribution in [2.75, 3.05) is 6.61 Å². The summed E-state index contributed by atoms with van der Waals surface area (Å²) in [6.07, 6.45) is 2.47. The highest BCUT2D eigenvalue weighted by atomic mass is 16.5. The highest BCUT2D eigenvalue weighted by molar-refractivity contribution is 5.77. The molecule has 0 fully saturated rings. The molecule has 0 aromatic rings. The van der Waals surface area contributed by atoms with Gasteiger partial charge in [0.2, 0.25) is 0 Å². The molecule has 11 heavy (non-hydrogen) atoms. The summed E-state index contributed by atoms with van der Waals surface area (Å²) >= 11 is 0. The van der Waals surface area contributed by atoms with Crippen LogP contribution in [0.1, 0.15) is 40.0 Å². The molecule has 0 bridgehead atoms. The van der Waals surface area contributed by atoms with Crippen LogP contribution < -0.4 is 0 Å². The predicted octanol–water partition coefficient (Wildman–Crippen LogP) is 2.17. The molecular weight excluding hydrogens is 140 g/mol. The van der Waals surface area contributed by atoms with E-state index >= 15 is 0 Å². The molecule has 0 aliphatic rings. The number of hydrogen-bond donors (Lipinski definition) is 0. The lowest BCUT2D eigenvalue weighted by molar-refractivity contribution is -0.119. The van der Waals surface area contributed by atoms with Gasteiger partial charge in [-0.2, -0.15) is 0 Å². The van der Waals surface area contributed by atoms with Crippen molar-refractivity contribution >= 4 is 5.78 Å². The highest BCUT2D eigenvalue weighted by Crippen LogP contribution is 1.97. The Labute approximate surface area is 68.9 Å². The molecular formula is C9H18O2. The Morgan fingerprint density at radius 3 is 2.55 bits per heavy atom. The summed E-state index contributed by atoms with van der Waals surface area (Å²) in [5.41, 5.74) is 0. The summed E-state index contributed by atoms with van der Waals surface area (Å²) in [5, 5.41) is 0. The van der Waals surface area contributed by atoms with Crippen LogP contribution >= 0.6 is 0 Å². The van der Waals surface area contributed by atoms with Crippen molar-refractivity contribution in [3.8, 4) is 0 Å². The fourth-order valence-electron chi connectivity index (χ4n) is 0.765. The minimum atomic E-state index is 0.284. The second-order valence-electron chi connectivity index (χ2n) is 2.92. The van der Waals surface area contributed by atoms with E-state index in [2.05, 4.69) is 0 Å². The summed E-state index contributed by atoms with van der Waals surface area (Å²) in [6, 6.07) is 0. The number of hydrogen-bond acceptors (Lipinski definition) is 2. The van der Waals surface area contributed by atoms with Crippen LogP contribution in [0, 0.1) is 0 Å². The quantitative estimate of drug-likeness (QED) is 0.554. The van der Waals surface area contributed by atoms with Gasteiger partial charge in [0, 0.05) is 19.4 Å². The van der Waals surface area contributed by atoms with Gasteiger partial charge in [0.05, 0.1) is 6.10 Å². The van der Waals surface area contributed by atoms with E-state index < -0.39 is 0 Å². The van der Waals surface area contributed by atoms with E-state index in [4.69, 9.17) is 4.74 Å². The van der Waals surface area contributed by atoms with Gasteiger partial charge in [-0.05, 0) is 20.3 Å². The Hall–Kier alpha value is -0.370. The van der Waals surface area contributed by atoms with Gasteiger partial charge in [0.25, 0.3) is 0 Å². The van der Waals surface area contributed by atoms with E-state index in [1.165, 1.54) is 0 Å². The summed E-state index contributed by atoms with van der Waals surface area (Å²) < 4.78 is 5.28. The van der Waals surface area contributed by atoms with Gasteiger partial charge in [0.15, 0.2) is 0 Å². The van der Waals surface area contributed by atoms with Crippen LogP contribution in [-0.2, 0) is 9.53 Å². The number of Topliss-reactive ketones (excluding diaryl/α,β-unsaturated/α-hetero) is 1. The third-order valence-corrected chi connectivity index (χ3v) is 1.45. The molecule has 0 spiro atoms. The zero-order valence-corrected chi connectivity index (χ0v) is 7.72. The zero-order valence-electron chi connectivity index (χ0n) is 7.72. The molecule has 0 heterocycles. The van der Waals surface area contributed by atoms with Crippen molar-refractivity contribution in [1.29, 1.82) is 0 Å². The fraction of sp³-hybridized carbons (Fsp3) is 0.889. The molecule has 0 unspecified atom stereocenters. The van der Waals surface area contributed by atoms with Crippen LogP contribution in [0.15, 0.2) is 0 Å². The van der Waals surface area contributed by atoms with Gasteiger partial charge in [-0.3, -0.25) is 4.79 Å². The molecule has 0 atom stereocenters. The summed E-state index contributed by atoms with van der Waals surface area (Å²) in [5.74, 6) is 0.331. The molecule has 0 aromatic heterocycles. The Kier molecular flexibility index (Phi) is 6.13. The van der Waals surface area contributed by atoms with Crippen molar-refractivity contribution in [2.45, 2.75) is 46.1 Å². The summed E-state index contributed by atoms with van der Waals surface area (Å²) in [4.78, 5) is 10.8. The minimum absolute atomic E-state index is 0.284. The topological polar surface area (TPSA) is 26.3 Å². The van der Waals surface area contributed by atoms with Gasteiger partial charge >= 0.3 is 0 Å². The molecule has 0 rings (SSSR count). The largest absolute Gasteiger partial charge is 0.379 e.